The number of aromatic amines is 1. The normalized spacial score (nSPS) is 11.4. The van der Waals surface area contributed by atoms with E-state index in [2.05, 4.69) is 4.98 Å². The molecule has 5 rings (SSSR count). The number of aryl methyl sites for hydroxylation is 1. The Balaban J connectivity index is 1.91. The van der Waals surface area contributed by atoms with Gasteiger partial charge in [0.15, 0.2) is 5.69 Å². The van der Waals surface area contributed by atoms with Crippen LogP contribution in [0, 0.1) is 6.92 Å². The van der Waals surface area contributed by atoms with Gasteiger partial charge in [-0.15, -0.1) is 11.3 Å². The zero-order valence-electron chi connectivity index (χ0n) is 16.8. The fourth-order valence-corrected chi connectivity index (χ4v) is 4.99. The van der Waals surface area contributed by atoms with Crippen LogP contribution in [-0.4, -0.2) is 25.2 Å². The fraction of sp³-hybridized carbons (Fsp3) is 0.0870. The molecule has 0 spiro atoms. The highest BCUT2D eigenvalue weighted by atomic mass is 35.5. The zero-order chi connectivity index (χ0) is 22.6. The number of hydrogen-bond acceptors (Lipinski definition) is 4. The van der Waals surface area contributed by atoms with Gasteiger partial charge in [0.05, 0.1) is 22.1 Å². The number of fused-ring (bicyclic) bond motifs is 2. The molecule has 0 fully saturated rings. The Morgan fingerprint density at radius 1 is 1.12 bits per heavy atom. The molecule has 7 nitrogen and oxygen atoms in total. The Hall–Kier alpha value is -3.62. The minimum absolute atomic E-state index is 0.0533. The Morgan fingerprint density at radius 2 is 1.94 bits per heavy atom. The lowest BCUT2D eigenvalue weighted by atomic mass is 10.1. The molecule has 5 aromatic rings. The molecule has 0 aliphatic rings. The van der Waals surface area contributed by atoms with Gasteiger partial charge >= 0.3 is 11.7 Å². The predicted octanol–water partition coefficient (Wildman–Crippen LogP) is 4.40. The van der Waals surface area contributed by atoms with Crippen molar-refractivity contribution in [3.8, 4) is 5.69 Å². The molecule has 0 atom stereocenters. The summed E-state index contributed by atoms with van der Waals surface area (Å²) in [6.07, 6.45) is 0. The highest BCUT2D eigenvalue weighted by Gasteiger charge is 2.27. The number of H-pyrrole nitrogens is 1. The summed E-state index contributed by atoms with van der Waals surface area (Å²) in [6, 6.07) is 12.6. The zero-order valence-corrected chi connectivity index (χ0v) is 18.3. The van der Waals surface area contributed by atoms with E-state index in [0.29, 0.717) is 26.8 Å². The molecule has 160 valence electrons. The molecule has 0 radical (unpaired) electrons. The summed E-state index contributed by atoms with van der Waals surface area (Å²) in [5.74, 6) is -1.24. The maximum Gasteiger partial charge on any atom is 0.354 e. The number of carbonyl (C=O) groups is 1. The number of carboxylic acids is 1. The second-order valence-corrected chi connectivity index (χ2v) is 8.69. The van der Waals surface area contributed by atoms with Gasteiger partial charge in [-0.1, -0.05) is 35.4 Å². The summed E-state index contributed by atoms with van der Waals surface area (Å²) in [7, 11) is 0. The van der Waals surface area contributed by atoms with E-state index in [-0.39, 0.29) is 17.9 Å². The van der Waals surface area contributed by atoms with Crippen LogP contribution in [0.5, 0.6) is 0 Å². The van der Waals surface area contributed by atoms with E-state index in [0.717, 1.165) is 15.7 Å². The van der Waals surface area contributed by atoms with Gasteiger partial charge in [0.25, 0.3) is 5.56 Å². The number of benzene rings is 2. The number of carboxylic acid groups (broad SMARTS) is 1. The monoisotopic (exact) mass is 465 g/mol. The van der Waals surface area contributed by atoms with E-state index in [1.54, 1.807) is 45.7 Å². The van der Waals surface area contributed by atoms with E-state index in [4.69, 9.17) is 11.6 Å². The molecule has 2 aromatic carbocycles. The van der Waals surface area contributed by atoms with E-state index in [1.165, 1.54) is 11.3 Å². The Bertz CT molecular complexity index is 1660. The van der Waals surface area contributed by atoms with Crippen molar-refractivity contribution in [2.45, 2.75) is 13.5 Å². The van der Waals surface area contributed by atoms with Crippen LogP contribution in [-0.2, 0) is 6.54 Å². The summed E-state index contributed by atoms with van der Waals surface area (Å²) in [5.41, 5.74) is 1.35. The average Bonchev–Trinajstić information content (AvgIpc) is 3.31. The molecule has 0 saturated carbocycles. The number of hydrogen-bond donors (Lipinski definition) is 2. The van der Waals surface area contributed by atoms with Gasteiger partial charge in [0.2, 0.25) is 0 Å². The van der Waals surface area contributed by atoms with Crippen molar-refractivity contribution in [2.75, 3.05) is 0 Å². The van der Waals surface area contributed by atoms with Crippen molar-refractivity contribution in [1.82, 2.24) is 14.1 Å². The number of nitrogens with zero attached hydrogens (tertiary/aromatic N) is 2. The first-order chi connectivity index (χ1) is 15.3. The number of thiophene rings is 1. The van der Waals surface area contributed by atoms with E-state index in [9.17, 15) is 19.5 Å². The van der Waals surface area contributed by atoms with Crippen LogP contribution in [0.1, 0.15) is 21.6 Å². The second-order valence-electron chi connectivity index (χ2n) is 7.51. The van der Waals surface area contributed by atoms with Crippen molar-refractivity contribution in [3.63, 3.8) is 0 Å². The molecule has 0 amide bonds. The third-order valence-corrected chi connectivity index (χ3v) is 6.37. The van der Waals surface area contributed by atoms with Gasteiger partial charge in [-0.25, -0.2) is 14.2 Å². The van der Waals surface area contributed by atoms with Gasteiger partial charge < -0.3 is 14.7 Å². The largest absolute Gasteiger partial charge is 0.477 e. The summed E-state index contributed by atoms with van der Waals surface area (Å²) in [6.45, 7) is 2.07. The van der Waals surface area contributed by atoms with Crippen molar-refractivity contribution in [3.05, 3.63) is 95.9 Å². The molecule has 3 aromatic heterocycles. The molecule has 0 saturated heterocycles. The quantitative estimate of drug-likeness (QED) is 0.411. The Labute approximate surface area is 189 Å². The lowest BCUT2D eigenvalue weighted by Gasteiger charge is -2.10. The van der Waals surface area contributed by atoms with Crippen LogP contribution >= 0.6 is 22.9 Å². The third-order valence-electron chi connectivity index (χ3n) is 5.39. The second kappa shape index (κ2) is 7.51. The molecular formula is C23H16ClN3O4S. The van der Waals surface area contributed by atoms with Crippen LogP contribution in [0.15, 0.2) is 62.8 Å². The Morgan fingerprint density at radius 3 is 2.69 bits per heavy atom. The predicted molar refractivity (Wildman–Crippen MR) is 126 cm³/mol. The maximum absolute atomic E-state index is 13.3. The van der Waals surface area contributed by atoms with Gasteiger partial charge in [-0.05, 0) is 36.8 Å². The average molecular weight is 466 g/mol. The minimum Gasteiger partial charge on any atom is -0.477 e. The van der Waals surface area contributed by atoms with Gasteiger partial charge in [-0.3, -0.25) is 4.79 Å². The summed E-state index contributed by atoms with van der Waals surface area (Å²) in [5, 5.41) is 14.9. The van der Waals surface area contributed by atoms with E-state index in [1.807, 2.05) is 19.1 Å². The van der Waals surface area contributed by atoms with Crippen molar-refractivity contribution in [1.29, 1.82) is 0 Å². The molecule has 2 N–H and O–H groups in total. The summed E-state index contributed by atoms with van der Waals surface area (Å²) >= 11 is 7.41. The first-order valence-electron chi connectivity index (χ1n) is 9.67. The molecule has 32 heavy (non-hydrogen) atoms. The van der Waals surface area contributed by atoms with Crippen molar-refractivity contribution >= 4 is 50.7 Å². The summed E-state index contributed by atoms with van der Waals surface area (Å²) < 4.78 is 2.52. The topological polar surface area (TPSA) is 97.1 Å². The van der Waals surface area contributed by atoms with Crippen LogP contribution in [0.2, 0.25) is 5.02 Å². The minimum atomic E-state index is -1.24. The highest BCUT2D eigenvalue weighted by Crippen LogP contribution is 2.31. The first-order valence-corrected chi connectivity index (χ1v) is 11.0. The SMILES string of the molecule is Cc1ccc2c(c1)c(-n1c(=O)[nH]c3cscc3c1=O)c(C(=O)O)n2Cc1cccc(Cl)c1. The molecule has 0 bridgehead atoms. The molecule has 9 heteroatoms. The highest BCUT2D eigenvalue weighted by molar-refractivity contribution is 7.09. The molecular weight excluding hydrogens is 450 g/mol. The van der Waals surface area contributed by atoms with Crippen LogP contribution < -0.4 is 11.2 Å². The van der Waals surface area contributed by atoms with Crippen LogP contribution in [0.25, 0.3) is 27.5 Å². The molecule has 0 aliphatic carbocycles. The third kappa shape index (κ3) is 3.16. The molecule has 0 unspecified atom stereocenters. The number of aromatic carboxylic acids is 1. The van der Waals surface area contributed by atoms with Crippen molar-refractivity contribution in [2.24, 2.45) is 0 Å². The maximum atomic E-state index is 13.3. The fourth-order valence-electron chi connectivity index (χ4n) is 4.02. The lowest BCUT2D eigenvalue weighted by molar-refractivity contribution is 0.0686. The number of rotatable bonds is 4. The van der Waals surface area contributed by atoms with Gasteiger partial charge in [-0.2, -0.15) is 0 Å². The number of aromatic nitrogens is 3. The lowest BCUT2D eigenvalue weighted by Crippen LogP contribution is -2.34. The van der Waals surface area contributed by atoms with Crippen LogP contribution in [0.3, 0.4) is 0 Å². The van der Waals surface area contributed by atoms with E-state index >= 15 is 0 Å². The smallest absolute Gasteiger partial charge is 0.354 e. The van der Waals surface area contributed by atoms with Gasteiger partial charge in [0, 0.05) is 27.7 Å². The van der Waals surface area contributed by atoms with Crippen molar-refractivity contribution < 1.29 is 9.90 Å². The van der Waals surface area contributed by atoms with E-state index < -0.39 is 17.2 Å². The Kier molecular flexibility index (Phi) is 4.76. The van der Waals surface area contributed by atoms with Gasteiger partial charge in [0.1, 0.15) is 0 Å². The molecule has 0 aliphatic heterocycles. The number of halogens is 1. The molecule has 3 heterocycles. The standard InChI is InChI=1S/C23H16ClN3O4S/c1-12-5-6-18-15(7-12)19(27-21(28)16-10-32-11-17(16)25-23(27)31)20(22(29)30)26(18)9-13-3-2-4-14(24)8-13/h2-8,10-11H,9H2,1H3,(H,25,31)(H,29,30). The van der Waals surface area contributed by atoms with Crippen LogP contribution in [0.4, 0.5) is 0 Å². The number of nitrogens with one attached hydrogen (secondary N) is 1. The summed E-state index contributed by atoms with van der Waals surface area (Å²) in [4.78, 5) is 41.4. The first kappa shape index (κ1) is 20.3.